The van der Waals surface area contributed by atoms with Crippen LogP contribution in [0.4, 0.5) is 0 Å². The third-order valence-electron chi connectivity index (χ3n) is 5.22. The Balaban J connectivity index is 1.57. The third-order valence-corrected chi connectivity index (χ3v) is 5.22. The second-order valence-corrected chi connectivity index (χ2v) is 6.31. The van der Waals surface area contributed by atoms with E-state index in [-0.39, 0.29) is 0 Å². The summed E-state index contributed by atoms with van der Waals surface area (Å²) in [6.07, 6.45) is 5.88. The minimum absolute atomic E-state index is 0.619. The van der Waals surface area contributed by atoms with Crippen molar-refractivity contribution in [3.63, 3.8) is 0 Å². The predicted octanol–water partition coefficient (Wildman–Crippen LogP) is 3.21. The van der Waals surface area contributed by atoms with Crippen LogP contribution in [-0.4, -0.2) is 11.2 Å². The highest BCUT2D eigenvalue weighted by Gasteiger charge is 2.41. The topological polar surface area (TPSA) is 38.1 Å². The van der Waals surface area contributed by atoms with E-state index < -0.39 is 0 Å². The molecule has 2 aliphatic rings. The standard InChI is InChI=1S/C15H24N2O/c1-9(14-7-12-4-5-13(14)6-12)16-8-15-10(2)17-18-11(15)3/h9,12-14,16H,4-8H2,1-3H3. The van der Waals surface area contributed by atoms with E-state index in [2.05, 4.69) is 17.4 Å². The number of aromatic nitrogens is 1. The van der Waals surface area contributed by atoms with Gasteiger partial charge in [0.2, 0.25) is 0 Å². The maximum absolute atomic E-state index is 5.21. The molecule has 2 bridgehead atoms. The number of rotatable bonds is 4. The SMILES string of the molecule is Cc1noc(C)c1CNC(C)C1CC2CCC1C2. The van der Waals surface area contributed by atoms with Crippen LogP contribution in [0.15, 0.2) is 4.52 Å². The van der Waals surface area contributed by atoms with Gasteiger partial charge < -0.3 is 9.84 Å². The normalized spacial score (nSPS) is 32.1. The predicted molar refractivity (Wildman–Crippen MR) is 71.2 cm³/mol. The first-order chi connectivity index (χ1) is 8.65. The van der Waals surface area contributed by atoms with Crippen molar-refractivity contribution in [2.24, 2.45) is 17.8 Å². The molecule has 3 heteroatoms. The van der Waals surface area contributed by atoms with E-state index in [0.717, 1.165) is 35.8 Å². The van der Waals surface area contributed by atoms with Crippen LogP contribution in [0, 0.1) is 31.6 Å². The van der Waals surface area contributed by atoms with Crippen LogP contribution in [0.25, 0.3) is 0 Å². The number of fused-ring (bicyclic) bond motifs is 2. The second kappa shape index (κ2) is 4.69. The van der Waals surface area contributed by atoms with Gasteiger partial charge in [-0.25, -0.2) is 0 Å². The van der Waals surface area contributed by atoms with Crippen molar-refractivity contribution in [1.29, 1.82) is 0 Å². The molecule has 2 saturated carbocycles. The van der Waals surface area contributed by atoms with Crippen molar-refractivity contribution in [2.75, 3.05) is 0 Å². The van der Waals surface area contributed by atoms with Gasteiger partial charge in [0.05, 0.1) is 5.69 Å². The van der Waals surface area contributed by atoms with Gasteiger partial charge in [-0.05, 0) is 57.8 Å². The highest BCUT2D eigenvalue weighted by atomic mass is 16.5. The fourth-order valence-electron chi connectivity index (χ4n) is 4.07. The van der Waals surface area contributed by atoms with Gasteiger partial charge in [-0.2, -0.15) is 0 Å². The zero-order chi connectivity index (χ0) is 12.7. The first-order valence-corrected chi connectivity index (χ1v) is 7.30. The van der Waals surface area contributed by atoms with Gasteiger partial charge in [0.1, 0.15) is 5.76 Å². The van der Waals surface area contributed by atoms with Crippen LogP contribution in [-0.2, 0) is 6.54 Å². The molecule has 1 N–H and O–H groups in total. The summed E-state index contributed by atoms with van der Waals surface area (Å²) in [6, 6.07) is 0.619. The van der Waals surface area contributed by atoms with E-state index in [4.69, 9.17) is 4.52 Å². The largest absolute Gasteiger partial charge is 0.361 e. The molecule has 0 radical (unpaired) electrons. The molecule has 4 atom stereocenters. The number of nitrogens with one attached hydrogen (secondary N) is 1. The molecule has 0 amide bonds. The first kappa shape index (κ1) is 12.2. The van der Waals surface area contributed by atoms with E-state index in [1.54, 1.807) is 0 Å². The Hall–Kier alpha value is -0.830. The second-order valence-electron chi connectivity index (χ2n) is 6.31. The van der Waals surface area contributed by atoms with E-state index >= 15 is 0 Å². The van der Waals surface area contributed by atoms with E-state index in [1.165, 1.54) is 31.2 Å². The Morgan fingerprint density at radius 3 is 2.72 bits per heavy atom. The van der Waals surface area contributed by atoms with Gasteiger partial charge >= 0.3 is 0 Å². The van der Waals surface area contributed by atoms with Gasteiger partial charge in [0.25, 0.3) is 0 Å². The smallest absolute Gasteiger partial charge is 0.138 e. The summed E-state index contributed by atoms with van der Waals surface area (Å²) in [5.74, 6) is 3.87. The highest BCUT2D eigenvalue weighted by Crippen LogP contribution is 2.49. The zero-order valence-corrected chi connectivity index (χ0v) is 11.7. The number of nitrogens with zero attached hydrogens (tertiary/aromatic N) is 1. The van der Waals surface area contributed by atoms with Crippen molar-refractivity contribution < 1.29 is 4.52 Å². The molecule has 18 heavy (non-hydrogen) atoms. The van der Waals surface area contributed by atoms with Crippen LogP contribution >= 0.6 is 0 Å². The van der Waals surface area contributed by atoms with Gasteiger partial charge in [-0.1, -0.05) is 11.6 Å². The maximum atomic E-state index is 5.21. The molecule has 3 rings (SSSR count). The first-order valence-electron chi connectivity index (χ1n) is 7.30. The summed E-state index contributed by atoms with van der Waals surface area (Å²) in [5, 5.41) is 7.71. The summed E-state index contributed by atoms with van der Waals surface area (Å²) in [6.45, 7) is 7.27. The van der Waals surface area contributed by atoms with Crippen molar-refractivity contribution in [2.45, 2.75) is 59.0 Å². The summed E-state index contributed by atoms with van der Waals surface area (Å²) in [7, 11) is 0. The van der Waals surface area contributed by atoms with Crippen LogP contribution in [0.2, 0.25) is 0 Å². The average Bonchev–Trinajstić information content (AvgIpc) is 3.04. The summed E-state index contributed by atoms with van der Waals surface area (Å²) in [5.41, 5.74) is 2.27. The zero-order valence-electron chi connectivity index (χ0n) is 11.7. The Labute approximate surface area is 109 Å². The van der Waals surface area contributed by atoms with Gasteiger partial charge in [0.15, 0.2) is 0 Å². The van der Waals surface area contributed by atoms with Crippen molar-refractivity contribution in [3.05, 3.63) is 17.0 Å². The molecule has 3 nitrogen and oxygen atoms in total. The Bertz CT molecular complexity index is 407. The Kier molecular flexibility index (Phi) is 3.18. The van der Waals surface area contributed by atoms with E-state index in [0.29, 0.717) is 6.04 Å². The highest BCUT2D eigenvalue weighted by molar-refractivity contribution is 5.20. The number of hydrogen-bond acceptors (Lipinski definition) is 3. The monoisotopic (exact) mass is 248 g/mol. The lowest BCUT2D eigenvalue weighted by Crippen LogP contribution is -2.36. The Morgan fingerprint density at radius 1 is 1.33 bits per heavy atom. The molecule has 0 spiro atoms. The van der Waals surface area contributed by atoms with Crippen LogP contribution < -0.4 is 5.32 Å². The molecular weight excluding hydrogens is 224 g/mol. The molecule has 1 heterocycles. The lowest BCUT2D eigenvalue weighted by molar-refractivity contribution is 0.259. The minimum Gasteiger partial charge on any atom is -0.361 e. The molecule has 0 aliphatic heterocycles. The summed E-state index contributed by atoms with van der Waals surface area (Å²) < 4.78 is 5.21. The lowest BCUT2D eigenvalue weighted by Gasteiger charge is -2.28. The molecule has 0 aromatic carbocycles. The molecule has 100 valence electrons. The van der Waals surface area contributed by atoms with Crippen LogP contribution in [0.5, 0.6) is 0 Å². The lowest BCUT2D eigenvalue weighted by atomic mass is 9.84. The minimum atomic E-state index is 0.619. The van der Waals surface area contributed by atoms with Gasteiger partial charge in [-0.3, -0.25) is 0 Å². The number of hydrogen-bond donors (Lipinski definition) is 1. The van der Waals surface area contributed by atoms with Crippen molar-refractivity contribution >= 4 is 0 Å². The van der Waals surface area contributed by atoms with E-state index in [1.807, 2.05) is 13.8 Å². The fraction of sp³-hybridized carbons (Fsp3) is 0.800. The molecule has 1 aromatic heterocycles. The van der Waals surface area contributed by atoms with Crippen LogP contribution in [0.1, 0.15) is 49.6 Å². The van der Waals surface area contributed by atoms with Gasteiger partial charge in [-0.15, -0.1) is 0 Å². The number of aryl methyl sites for hydroxylation is 2. The molecule has 0 saturated heterocycles. The summed E-state index contributed by atoms with van der Waals surface area (Å²) >= 11 is 0. The van der Waals surface area contributed by atoms with E-state index in [9.17, 15) is 0 Å². The average molecular weight is 248 g/mol. The van der Waals surface area contributed by atoms with Crippen molar-refractivity contribution in [1.82, 2.24) is 10.5 Å². The van der Waals surface area contributed by atoms with Crippen LogP contribution in [0.3, 0.4) is 0 Å². The Morgan fingerprint density at radius 2 is 2.17 bits per heavy atom. The van der Waals surface area contributed by atoms with Gasteiger partial charge in [0, 0.05) is 18.2 Å². The molecular formula is C15H24N2O. The molecule has 2 aliphatic carbocycles. The molecule has 2 fully saturated rings. The maximum Gasteiger partial charge on any atom is 0.138 e. The molecule has 4 unspecified atom stereocenters. The fourth-order valence-corrected chi connectivity index (χ4v) is 4.07. The van der Waals surface area contributed by atoms with Crippen molar-refractivity contribution in [3.8, 4) is 0 Å². The molecule has 1 aromatic rings. The quantitative estimate of drug-likeness (QED) is 0.889. The third kappa shape index (κ3) is 2.09. The summed E-state index contributed by atoms with van der Waals surface area (Å²) in [4.78, 5) is 0.